The third kappa shape index (κ3) is 4.01. The molecule has 20 heavy (non-hydrogen) atoms. The molecule has 0 N–H and O–H groups in total. The first kappa shape index (κ1) is 15.4. The number of halogens is 1. The van der Waals surface area contributed by atoms with E-state index in [0.717, 1.165) is 22.1 Å². The third-order valence-electron chi connectivity index (χ3n) is 3.14. The first-order valence-electron chi connectivity index (χ1n) is 6.47. The van der Waals surface area contributed by atoms with Gasteiger partial charge in [0, 0.05) is 26.8 Å². The number of thiophene rings is 1. The number of nitrogens with zero attached hydrogens (tertiary/aromatic N) is 1. The molecule has 0 unspecified atom stereocenters. The molecule has 0 saturated carbocycles. The number of aryl methyl sites for hydroxylation is 2. The molecular formula is C16H18BrNOS. The summed E-state index contributed by atoms with van der Waals surface area (Å²) < 4.78 is 1.10. The van der Waals surface area contributed by atoms with Crippen LogP contribution in [0.15, 0.2) is 34.1 Å². The number of benzene rings is 1. The Morgan fingerprint density at radius 3 is 2.65 bits per heavy atom. The number of carbonyl (C=O) groups excluding carboxylic acids is 1. The molecule has 0 aliphatic carbocycles. The maximum absolute atomic E-state index is 12.3. The van der Waals surface area contributed by atoms with Crippen molar-refractivity contribution in [3.63, 3.8) is 0 Å². The van der Waals surface area contributed by atoms with E-state index >= 15 is 0 Å². The van der Waals surface area contributed by atoms with Gasteiger partial charge >= 0.3 is 0 Å². The van der Waals surface area contributed by atoms with E-state index < -0.39 is 0 Å². The summed E-state index contributed by atoms with van der Waals surface area (Å²) in [5.41, 5.74) is 3.08. The molecule has 2 rings (SSSR count). The van der Waals surface area contributed by atoms with Crippen molar-refractivity contribution in [3.05, 3.63) is 55.7 Å². The van der Waals surface area contributed by atoms with Gasteiger partial charge in [-0.25, -0.2) is 0 Å². The molecule has 2 nitrogen and oxygen atoms in total. The molecule has 0 aliphatic heterocycles. The van der Waals surface area contributed by atoms with E-state index in [0.29, 0.717) is 6.54 Å². The van der Waals surface area contributed by atoms with Crippen molar-refractivity contribution in [2.75, 3.05) is 13.6 Å². The molecule has 0 spiro atoms. The molecule has 1 aromatic carbocycles. The van der Waals surface area contributed by atoms with Crippen LogP contribution in [0.1, 0.15) is 26.4 Å². The minimum Gasteiger partial charge on any atom is -0.294 e. The van der Waals surface area contributed by atoms with Gasteiger partial charge in [0.2, 0.25) is 0 Å². The molecule has 4 heteroatoms. The maximum Gasteiger partial charge on any atom is 0.177 e. The minimum atomic E-state index is 0.181. The fourth-order valence-corrected chi connectivity index (χ4v) is 3.75. The first-order chi connectivity index (χ1) is 9.45. The lowest BCUT2D eigenvalue weighted by Crippen LogP contribution is -2.25. The van der Waals surface area contributed by atoms with Gasteiger partial charge in [0.25, 0.3) is 0 Å². The highest BCUT2D eigenvalue weighted by Crippen LogP contribution is 2.21. The third-order valence-corrected chi connectivity index (χ3v) is 4.83. The number of carbonyl (C=O) groups is 1. The van der Waals surface area contributed by atoms with Crippen molar-refractivity contribution in [1.82, 2.24) is 4.90 Å². The number of Topliss-reactive ketones (excluding diaryl/α,β-unsaturated/α-hetero) is 1. The second-order valence-corrected chi connectivity index (χ2v) is 7.06. The van der Waals surface area contributed by atoms with Crippen molar-refractivity contribution in [2.45, 2.75) is 20.4 Å². The molecule has 0 radical (unpaired) electrons. The van der Waals surface area contributed by atoms with Crippen LogP contribution in [0.25, 0.3) is 0 Å². The topological polar surface area (TPSA) is 20.3 Å². The standard InChI is InChI=1S/C16H18BrNOS/c1-11-4-5-15(12(2)6-11)16(19)9-18(3)8-14-7-13(17)10-20-14/h4-7,10H,8-9H2,1-3H3. The molecule has 0 bridgehead atoms. The zero-order valence-corrected chi connectivity index (χ0v) is 14.3. The highest BCUT2D eigenvalue weighted by molar-refractivity contribution is 9.10. The van der Waals surface area contributed by atoms with Gasteiger partial charge in [-0.15, -0.1) is 11.3 Å². The van der Waals surface area contributed by atoms with Crippen molar-refractivity contribution in [3.8, 4) is 0 Å². The minimum absolute atomic E-state index is 0.181. The van der Waals surface area contributed by atoms with Crippen LogP contribution in [0, 0.1) is 13.8 Å². The second-order valence-electron chi connectivity index (χ2n) is 5.15. The van der Waals surface area contributed by atoms with Gasteiger partial charge in [0.05, 0.1) is 6.54 Å². The van der Waals surface area contributed by atoms with E-state index in [1.54, 1.807) is 11.3 Å². The second kappa shape index (κ2) is 6.66. The number of likely N-dealkylation sites (N-methyl/N-ethyl adjacent to an activating group) is 1. The molecule has 0 amide bonds. The first-order valence-corrected chi connectivity index (χ1v) is 8.15. The lowest BCUT2D eigenvalue weighted by Gasteiger charge is -2.15. The zero-order chi connectivity index (χ0) is 14.7. The Kier molecular flexibility index (Phi) is 5.13. The van der Waals surface area contributed by atoms with Gasteiger partial charge in [-0.05, 0) is 48.5 Å². The Morgan fingerprint density at radius 1 is 1.30 bits per heavy atom. The largest absolute Gasteiger partial charge is 0.294 e. The summed E-state index contributed by atoms with van der Waals surface area (Å²) in [5, 5.41) is 2.06. The molecule has 1 aromatic heterocycles. The lowest BCUT2D eigenvalue weighted by atomic mass is 10.0. The van der Waals surface area contributed by atoms with E-state index in [9.17, 15) is 4.79 Å². The van der Waals surface area contributed by atoms with Crippen LogP contribution < -0.4 is 0 Å². The molecule has 0 fully saturated rings. The lowest BCUT2D eigenvalue weighted by molar-refractivity contribution is 0.0943. The summed E-state index contributed by atoms with van der Waals surface area (Å²) in [6, 6.07) is 8.09. The zero-order valence-electron chi connectivity index (χ0n) is 11.9. The predicted octanol–water partition coefficient (Wildman–Crippen LogP) is 4.44. The van der Waals surface area contributed by atoms with Crippen LogP contribution in [-0.2, 0) is 6.54 Å². The SMILES string of the molecule is Cc1ccc(C(=O)CN(C)Cc2cc(Br)cs2)c(C)c1. The monoisotopic (exact) mass is 351 g/mol. The average molecular weight is 352 g/mol. The summed E-state index contributed by atoms with van der Waals surface area (Å²) in [6.45, 7) is 5.28. The average Bonchev–Trinajstić information content (AvgIpc) is 2.74. The Morgan fingerprint density at radius 2 is 2.05 bits per heavy atom. The molecule has 0 aliphatic rings. The van der Waals surface area contributed by atoms with Gasteiger partial charge in [-0.3, -0.25) is 9.69 Å². The summed E-state index contributed by atoms with van der Waals surface area (Å²) in [4.78, 5) is 15.6. The Bertz CT molecular complexity index is 621. The van der Waals surface area contributed by atoms with Crippen LogP contribution in [0.4, 0.5) is 0 Å². The molecule has 1 heterocycles. The van der Waals surface area contributed by atoms with Gasteiger partial charge in [0.15, 0.2) is 5.78 Å². The van der Waals surface area contributed by atoms with E-state index in [-0.39, 0.29) is 5.78 Å². The molecule has 0 saturated heterocycles. The number of rotatable bonds is 5. The van der Waals surface area contributed by atoms with Gasteiger partial charge < -0.3 is 0 Å². The van der Waals surface area contributed by atoms with Crippen LogP contribution in [-0.4, -0.2) is 24.3 Å². The van der Waals surface area contributed by atoms with E-state index in [2.05, 4.69) is 38.3 Å². The number of ketones is 1. The van der Waals surface area contributed by atoms with Crippen LogP contribution in [0.3, 0.4) is 0 Å². The van der Waals surface area contributed by atoms with E-state index in [1.165, 1.54) is 10.4 Å². The van der Waals surface area contributed by atoms with Crippen LogP contribution in [0.5, 0.6) is 0 Å². The maximum atomic E-state index is 12.3. The van der Waals surface area contributed by atoms with E-state index in [4.69, 9.17) is 0 Å². The van der Waals surface area contributed by atoms with Crippen molar-refractivity contribution in [1.29, 1.82) is 0 Å². The van der Waals surface area contributed by atoms with Gasteiger partial charge in [0.1, 0.15) is 0 Å². The van der Waals surface area contributed by atoms with Crippen molar-refractivity contribution < 1.29 is 4.79 Å². The van der Waals surface area contributed by atoms with Crippen LogP contribution >= 0.6 is 27.3 Å². The molecule has 106 valence electrons. The summed E-state index contributed by atoms with van der Waals surface area (Å²) in [5.74, 6) is 0.181. The van der Waals surface area contributed by atoms with Crippen molar-refractivity contribution in [2.24, 2.45) is 0 Å². The van der Waals surface area contributed by atoms with E-state index in [1.807, 2.05) is 33.0 Å². The highest BCUT2D eigenvalue weighted by atomic mass is 79.9. The Balaban J connectivity index is 2.00. The summed E-state index contributed by atoms with van der Waals surface area (Å²) in [6.07, 6.45) is 0. The Hall–Kier alpha value is -0.970. The number of hydrogen-bond donors (Lipinski definition) is 0. The quantitative estimate of drug-likeness (QED) is 0.742. The smallest absolute Gasteiger partial charge is 0.177 e. The van der Waals surface area contributed by atoms with Crippen molar-refractivity contribution >= 4 is 33.0 Å². The highest BCUT2D eigenvalue weighted by Gasteiger charge is 2.12. The summed E-state index contributed by atoms with van der Waals surface area (Å²) in [7, 11) is 1.98. The molecule has 2 aromatic rings. The number of hydrogen-bond acceptors (Lipinski definition) is 3. The van der Waals surface area contributed by atoms with Gasteiger partial charge in [-0.2, -0.15) is 0 Å². The van der Waals surface area contributed by atoms with Crippen LogP contribution in [0.2, 0.25) is 0 Å². The molecule has 0 atom stereocenters. The fraction of sp³-hybridized carbons (Fsp3) is 0.312. The summed E-state index contributed by atoms with van der Waals surface area (Å²) >= 11 is 5.16. The Labute approximate surface area is 132 Å². The molecular weight excluding hydrogens is 334 g/mol. The fourth-order valence-electron chi connectivity index (χ4n) is 2.22. The predicted molar refractivity (Wildman–Crippen MR) is 88.6 cm³/mol. The van der Waals surface area contributed by atoms with Gasteiger partial charge in [-0.1, -0.05) is 23.8 Å². The normalized spacial score (nSPS) is 11.1.